The number of hydrogen-bond acceptors (Lipinski definition) is 7. The molecule has 1 saturated heterocycles. The van der Waals surface area contributed by atoms with Gasteiger partial charge < -0.3 is 10.2 Å². The molecule has 0 atom stereocenters. The Morgan fingerprint density at radius 1 is 0.800 bits per heavy atom. The lowest BCUT2D eigenvalue weighted by Crippen LogP contribution is -2.43. The third-order valence-electron chi connectivity index (χ3n) is 6.40. The molecule has 0 spiro atoms. The minimum atomic E-state index is 0.593. The number of hydrogen-bond donors (Lipinski definition) is 1. The molecular weight excluding hydrogens is 434 g/mol. The van der Waals surface area contributed by atoms with E-state index in [2.05, 4.69) is 67.4 Å². The molecule has 178 valence electrons. The molecule has 0 bridgehead atoms. The van der Waals surface area contributed by atoms with Gasteiger partial charge in [0.25, 0.3) is 0 Å². The second-order valence-electron chi connectivity index (χ2n) is 9.12. The van der Waals surface area contributed by atoms with Crippen molar-refractivity contribution in [2.24, 2.45) is 0 Å². The van der Waals surface area contributed by atoms with Crippen LogP contribution in [0.1, 0.15) is 11.3 Å². The van der Waals surface area contributed by atoms with E-state index in [4.69, 9.17) is 4.98 Å². The van der Waals surface area contributed by atoms with Crippen molar-refractivity contribution in [3.05, 3.63) is 78.2 Å². The predicted molar refractivity (Wildman–Crippen MR) is 141 cm³/mol. The van der Waals surface area contributed by atoms with Crippen LogP contribution in [0.3, 0.4) is 0 Å². The average molecular weight is 466 g/mol. The van der Waals surface area contributed by atoms with Gasteiger partial charge in [0, 0.05) is 75.1 Å². The SMILES string of the molecule is CNc1cc(-c2cncc(-c3cccc(CN4CCN(C)CC4)c3)c2)nc(-c2cccc(C)n2)n1. The van der Waals surface area contributed by atoms with Crippen LogP contribution in [0.25, 0.3) is 33.9 Å². The zero-order valence-electron chi connectivity index (χ0n) is 20.6. The average Bonchev–Trinajstić information content (AvgIpc) is 2.90. The fraction of sp³-hybridized carbons (Fsp3) is 0.286. The van der Waals surface area contributed by atoms with Crippen LogP contribution in [-0.4, -0.2) is 70.0 Å². The molecule has 4 heterocycles. The summed E-state index contributed by atoms with van der Waals surface area (Å²) in [5.74, 6) is 1.34. The lowest BCUT2D eigenvalue weighted by molar-refractivity contribution is 0.148. The molecule has 0 saturated carbocycles. The molecule has 0 aliphatic carbocycles. The standard InChI is InChI=1S/C28H31N7/c1-20-6-4-9-25(31-20)28-32-26(16-27(29-2)33-28)24-15-23(17-30-18-24)22-8-5-7-21(14-22)19-35-12-10-34(3)11-13-35/h4-9,14-18H,10-13,19H2,1-3H3,(H,29,32,33). The molecule has 35 heavy (non-hydrogen) atoms. The van der Waals surface area contributed by atoms with Gasteiger partial charge in [0.05, 0.1) is 5.69 Å². The van der Waals surface area contributed by atoms with Crippen molar-refractivity contribution in [1.29, 1.82) is 0 Å². The van der Waals surface area contributed by atoms with Gasteiger partial charge >= 0.3 is 0 Å². The Morgan fingerprint density at radius 2 is 1.60 bits per heavy atom. The van der Waals surface area contributed by atoms with Gasteiger partial charge in [-0.1, -0.05) is 24.3 Å². The van der Waals surface area contributed by atoms with E-state index >= 15 is 0 Å². The Morgan fingerprint density at radius 3 is 2.40 bits per heavy atom. The number of piperazine rings is 1. The van der Waals surface area contributed by atoms with E-state index in [0.29, 0.717) is 5.82 Å². The van der Waals surface area contributed by atoms with E-state index < -0.39 is 0 Å². The lowest BCUT2D eigenvalue weighted by Gasteiger charge is -2.32. The van der Waals surface area contributed by atoms with Gasteiger partial charge in [-0.2, -0.15) is 0 Å². The van der Waals surface area contributed by atoms with Crippen LogP contribution >= 0.6 is 0 Å². The molecular formula is C28H31N7. The van der Waals surface area contributed by atoms with E-state index in [1.165, 1.54) is 5.56 Å². The van der Waals surface area contributed by atoms with E-state index in [1.54, 1.807) is 0 Å². The molecule has 0 radical (unpaired) electrons. The van der Waals surface area contributed by atoms with Gasteiger partial charge in [-0.15, -0.1) is 0 Å². The summed E-state index contributed by atoms with van der Waals surface area (Å²) in [6.45, 7) is 7.41. The maximum atomic E-state index is 4.83. The van der Waals surface area contributed by atoms with Crippen molar-refractivity contribution in [3.8, 4) is 33.9 Å². The fourth-order valence-electron chi connectivity index (χ4n) is 4.36. The van der Waals surface area contributed by atoms with Crippen LogP contribution in [-0.2, 0) is 6.54 Å². The second-order valence-corrected chi connectivity index (χ2v) is 9.12. The maximum absolute atomic E-state index is 4.83. The molecule has 4 aromatic rings. The summed E-state index contributed by atoms with van der Waals surface area (Å²) in [5, 5.41) is 3.15. The third-order valence-corrected chi connectivity index (χ3v) is 6.40. The lowest BCUT2D eigenvalue weighted by atomic mass is 10.0. The Hall–Kier alpha value is -3.68. The molecule has 1 aliphatic rings. The first kappa shape index (κ1) is 23.1. The Bertz CT molecular complexity index is 1310. The molecule has 5 rings (SSSR count). The third kappa shape index (κ3) is 5.53. The zero-order chi connectivity index (χ0) is 24.2. The van der Waals surface area contributed by atoms with Crippen molar-refractivity contribution in [3.63, 3.8) is 0 Å². The molecule has 0 amide bonds. The summed E-state index contributed by atoms with van der Waals surface area (Å²) < 4.78 is 0. The summed E-state index contributed by atoms with van der Waals surface area (Å²) in [6, 6.07) is 18.8. The molecule has 7 heteroatoms. The van der Waals surface area contributed by atoms with Crippen molar-refractivity contribution in [2.45, 2.75) is 13.5 Å². The zero-order valence-corrected chi connectivity index (χ0v) is 20.6. The summed E-state index contributed by atoms with van der Waals surface area (Å²) in [4.78, 5) is 23.5. The van der Waals surface area contributed by atoms with E-state index in [9.17, 15) is 0 Å². The van der Waals surface area contributed by atoms with Gasteiger partial charge in [0.2, 0.25) is 0 Å². The maximum Gasteiger partial charge on any atom is 0.180 e. The molecule has 7 nitrogen and oxygen atoms in total. The van der Waals surface area contributed by atoms with E-state index in [1.807, 2.05) is 50.6 Å². The highest BCUT2D eigenvalue weighted by molar-refractivity contribution is 5.72. The second kappa shape index (κ2) is 10.3. The highest BCUT2D eigenvalue weighted by Crippen LogP contribution is 2.28. The highest BCUT2D eigenvalue weighted by Gasteiger charge is 2.15. The van der Waals surface area contributed by atoms with Crippen LogP contribution < -0.4 is 5.32 Å². The van der Waals surface area contributed by atoms with Crippen molar-refractivity contribution < 1.29 is 0 Å². The Kier molecular flexibility index (Phi) is 6.79. The molecule has 3 aromatic heterocycles. The smallest absolute Gasteiger partial charge is 0.180 e. The normalized spacial score (nSPS) is 14.7. The number of aryl methyl sites for hydroxylation is 1. The monoisotopic (exact) mass is 465 g/mol. The number of rotatable bonds is 6. The number of anilines is 1. The number of pyridine rings is 2. The van der Waals surface area contributed by atoms with Crippen molar-refractivity contribution >= 4 is 5.82 Å². The first-order valence-electron chi connectivity index (χ1n) is 12.0. The van der Waals surface area contributed by atoms with Crippen LogP contribution in [0, 0.1) is 6.92 Å². The fourth-order valence-corrected chi connectivity index (χ4v) is 4.36. The minimum Gasteiger partial charge on any atom is -0.373 e. The number of benzene rings is 1. The van der Waals surface area contributed by atoms with Crippen molar-refractivity contribution in [2.75, 3.05) is 45.6 Å². The van der Waals surface area contributed by atoms with Crippen LogP contribution in [0.5, 0.6) is 0 Å². The topological polar surface area (TPSA) is 70.1 Å². The quantitative estimate of drug-likeness (QED) is 0.454. The first-order valence-corrected chi connectivity index (χ1v) is 12.0. The van der Waals surface area contributed by atoms with Crippen LogP contribution in [0.4, 0.5) is 5.82 Å². The number of aromatic nitrogens is 4. The van der Waals surface area contributed by atoms with Gasteiger partial charge in [0.1, 0.15) is 11.5 Å². The Labute approximate surface area is 206 Å². The number of nitrogens with zero attached hydrogens (tertiary/aromatic N) is 6. The molecule has 1 aromatic carbocycles. The molecule has 1 N–H and O–H groups in total. The number of nitrogens with one attached hydrogen (secondary N) is 1. The largest absolute Gasteiger partial charge is 0.373 e. The summed E-state index contributed by atoms with van der Waals surface area (Å²) in [7, 11) is 4.05. The predicted octanol–water partition coefficient (Wildman–Crippen LogP) is 4.37. The minimum absolute atomic E-state index is 0.593. The highest BCUT2D eigenvalue weighted by atomic mass is 15.2. The van der Waals surface area contributed by atoms with Gasteiger partial charge in [-0.25, -0.2) is 15.0 Å². The summed E-state index contributed by atoms with van der Waals surface area (Å²) in [5.41, 5.74) is 7.00. The van der Waals surface area contributed by atoms with Crippen LogP contribution in [0.2, 0.25) is 0 Å². The van der Waals surface area contributed by atoms with Gasteiger partial charge in [0.15, 0.2) is 5.82 Å². The number of likely N-dealkylation sites (N-methyl/N-ethyl adjacent to an activating group) is 1. The summed E-state index contributed by atoms with van der Waals surface area (Å²) in [6.07, 6.45) is 3.77. The van der Waals surface area contributed by atoms with E-state index in [-0.39, 0.29) is 0 Å². The molecule has 1 aliphatic heterocycles. The first-order chi connectivity index (χ1) is 17.1. The van der Waals surface area contributed by atoms with Gasteiger partial charge in [-0.3, -0.25) is 9.88 Å². The van der Waals surface area contributed by atoms with E-state index in [0.717, 1.165) is 72.3 Å². The Balaban J connectivity index is 1.44. The van der Waals surface area contributed by atoms with Gasteiger partial charge in [-0.05, 0) is 49.4 Å². The summed E-state index contributed by atoms with van der Waals surface area (Å²) >= 11 is 0. The van der Waals surface area contributed by atoms with Crippen LogP contribution in [0.15, 0.2) is 67.0 Å². The van der Waals surface area contributed by atoms with Crippen molar-refractivity contribution in [1.82, 2.24) is 29.7 Å². The molecule has 1 fully saturated rings. The molecule has 0 unspecified atom stereocenters.